The number of anilines is 1. The maximum Gasteiger partial charge on any atom is 0.338 e. The Morgan fingerprint density at radius 2 is 2.00 bits per heavy atom. The third kappa shape index (κ3) is 5.83. The van der Waals surface area contributed by atoms with Gasteiger partial charge in [0.05, 0.1) is 29.7 Å². The first-order valence-electron chi connectivity index (χ1n) is 7.92. The van der Waals surface area contributed by atoms with Gasteiger partial charge in [0.1, 0.15) is 5.75 Å². The molecule has 0 aliphatic heterocycles. The van der Waals surface area contributed by atoms with Crippen molar-refractivity contribution in [3.05, 3.63) is 54.1 Å². The van der Waals surface area contributed by atoms with Crippen LogP contribution in [0, 0.1) is 11.3 Å². The Hall–Kier alpha value is -2.98. The summed E-state index contributed by atoms with van der Waals surface area (Å²) >= 11 is 1.35. The molecule has 7 heteroatoms. The predicted molar refractivity (Wildman–Crippen MR) is 99.3 cm³/mol. The van der Waals surface area contributed by atoms with Crippen LogP contribution in [0.5, 0.6) is 5.75 Å². The summed E-state index contributed by atoms with van der Waals surface area (Å²) in [5.41, 5.74) is 0.990. The van der Waals surface area contributed by atoms with E-state index in [4.69, 9.17) is 14.7 Å². The molecular formula is C19H18N2O4S. The van der Waals surface area contributed by atoms with E-state index in [1.54, 1.807) is 37.3 Å². The second-order valence-corrected chi connectivity index (χ2v) is 6.05. The molecule has 0 radical (unpaired) electrons. The number of nitrogens with zero attached hydrogens (tertiary/aromatic N) is 1. The minimum atomic E-state index is -0.439. The summed E-state index contributed by atoms with van der Waals surface area (Å²) in [6.45, 7) is 1.81. The summed E-state index contributed by atoms with van der Waals surface area (Å²) in [5, 5.41) is 11.5. The highest BCUT2D eigenvalue weighted by Crippen LogP contribution is 2.26. The van der Waals surface area contributed by atoms with Crippen LogP contribution in [0.4, 0.5) is 5.69 Å². The molecule has 0 bridgehead atoms. The molecule has 1 amide bonds. The summed E-state index contributed by atoms with van der Waals surface area (Å²) in [4.78, 5) is 24.7. The van der Waals surface area contributed by atoms with E-state index in [-0.39, 0.29) is 19.1 Å². The molecule has 1 N–H and O–H groups in total. The summed E-state index contributed by atoms with van der Waals surface area (Å²) in [5.74, 6) is -0.0791. The molecule has 6 nitrogen and oxygen atoms in total. The van der Waals surface area contributed by atoms with Crippen molar-refractivity contribution in [2.75, 3.05) is 24.3 Å². The maximum atomic E-state index is 12.1. The van der Waals surface area contributed by atoms with Gasteiger partial charge in [-0.25, -0.2) is 4.79 Å². The van der Waals surface area contributed by atoms with E-state index >= 15 is 0 Å². The van der Waals surface area contributed by atoms with E-state index in [0.29, 0.717) is 22.8 Å². The van der Waals surface area contributed by atoms with Gasteiger partial charge in [-0.15, -0.1) is 11.8 Å². The highest BCUT2D eigenvalue weighted by Gasteiger charge is 2.10. The molecule has 26 heavy (non-hydrogen) atoms. The van der Waals surface area contributed by atoms with Crippen molar-refractivity contribution < 1.29 is 19.1 Å². The number of esters is 1. The van der Waals surface area contributed by atoms with Gasteiger partial charge in [0.25, 0.3) is 5.91 Å². The zero-order chi connectivity index (χ0) is 18.8. The monoisotopic (exact) mass is 370 g/mol. The number of benzene rings is 2. The summed E-state index contributed by atoms with van der Waals surface area (Å²) in [7, 11) is 0. The van der Waals surface area contributed by atoms with Gasteiger partial charge in [0.2, 0.25) is 0 Å². The first-order valence-corrected chi connectivity index (χ1v) is 8.91. The van der Waals surface area contributed by atoms with E-state index in [2.05, 4.69) is 11.4 Å². The Bertz CT molecular complexity index is 817. The molecule has 2 aromatic rings. The van der Waals surface area contributed by atoms with E-state index in [1.165, 1.54) is 17.8 Å². The third-order valence-corrected chi connectivity index (χ3v) is 4.11. The number of amides is 1. The van der Waals surface area contributed by atoms with Crippen LogP contribution in [0.25, 0.3) is 0 Å². The second-order valence-electron chi connectivity index (χ2n) is 5.03. The predicted octanol–water partition coefficient (Wildman–Crippen LogP) is 3.50. The van der Waals surface area contributed by atoms with Crippen LogP contribution in [0.3, 0.4) is 0 Å². The van der Waals surface area contributed by atoms with Crippen molar-refractivity contribution >= 4 is 29.3 Å². The maximum absolute atomic E-state index is 12.1. The number of hydrogen-bond acceptors (Lipinski definition) is 6. The first kappa shape index (κ1) is 19.3. The Kier molecular flexibility index (Phi) is 7.52. The lowest BCUT2D eigenvalue weighted by Crippen LogP contribution is -2.20. The van der Waals surface area contributed by atoms with Crippen LogP contribution in [0.1, 0.15) is 17.3 Å². The van der Waals surface area contributed by atoms with Crippen molar-refractivity contribution in [3.8, 4) is 11.8 Å². The number of thioether (sulfide) groups is 1. The molecule has 0 unspecified atom stereocenters. The number of hydrogen-bond donors (Lipinski definition) is 1. The van der Waals surface area contributed by atoms with Crippen LogP contribution in [0.15, 0.2) is 53.4 Å². The minimum Gasteiger partial charge on any atom is -0.484 e. The zero-order valence-electron chi connectivity index (χ0n) is 14.2. The molecule has 0 spiro atoms. The summed E-state index contributed by atoms with van der Waals surface area (Å²) < 4.78 is 10.4. The van der Waals surface area contributed by atoms with Crippen LogP contribution in [-0.4, -0.2) is 30.8 Å². The van der Waals surface area contributed by atoms with Gasteiger partial charge in [-0.05, 0) is 37.3 Å². The fourth-order valence-corrected chi connectivity index (χ4v) is 2.74. The van der Waals surface area contributed by atoms with Crippen LogP contribution >= 0.6 is 11.8 Å². The van der Waals surface area contributed by atoms with Gasteiger partial charge in [0.15, 0.2) is 6.61 Å². The van der Waals surface area contributed by atoms with Gasteiger partial charge in [-0.2, -0.15) is 5.26 Å². The van der Waals surface area contributed by atoms with Crippen molar-refractivity contribution in [3.63, 3.8) is 0 Å². The number of carbonyl (C=O) groups excluding carboxylic acids is 2. The number of ether oxygens (including phenoxy) is 2. The van der Waals surface area contributed by atoms with Crippen molar-refractivity contribution in [2.45, 2.75) is 11.8 Å². The minimum absolute atomic E-state index is 0.205. The molecule has 0 saturated heterocycles. The Labute approximate surface area is 156 Å². The Morgan fingerprint density at radius 3 is 2.77 bits per heavy atom. The van der Waals surface area contributed by atoms with Gasteiger partial charge in [0, 0.05) is 4.90 Å². The second kappa shape index (κ2) is 10.1. The molecule has 0 saturated carbocycles. The quantitative estimate of drug-likeness (QED) is 0.565. The van der Waals surface area contributed by atoms with Crippen molar-refractivity contribution in [2.24, 2.45) is 0 Å². The van der Waals surface area contributed by atoms with Crippen LogP contribution < -0.4 is 10.1 Å². The molecule has 2 aromatic carbocycles. The van der Waals surface area contributed by atoms with Gasteiger partial charge in [-0.1, -0.05) is 18.2 Å². The third-order valence-electron chi connectivity index (χ3n) is 3.17. The smallest absolute Gasteiger partial charge is 0.338 e. The van der Waals surface area contributed by atoms with Crippen molar-refractivity contribution in [1.29, 1.82) is 5.26 Å². The first-order chi connectivity index (χ1) is 12.6. The van der Waals surface area contributed by atoms with Crippen LogP contribution in [0.2, 0.25) is 0 Å². The normalized spacial score (nSPS) is 9.85. The van der Waals surface area contributed by atoms with Gasteiger partial charge < -0.3 is 14.8 Å². The number of nitriles is 1. The molecule has 0 aliphatic rings. The van der Waals surface area contributed by atoms with Gasteiger partial charge >= 0.3 is 5.97 Å². The lowest BCUT2D eigenvalue weighted by Gasteiger charge is -2.11. The molecule has 0 heterocycles. The number of rotatable bonds is 8. The molecule has 0 aliphatic carbocycles. The van der Waals surface area contributed by atoms with Crippen molar-refractivity contribution in [1.82, 2.24) is 0 Å². The molecular weight excluding hydrogens is 352 g/mol. The standard InChI is InChI=1S/C19H18N2O4S/c1-2-24-19(23)14-6-5-7-15(12-14)25-13-18(22)21-16-8-3-4-9-17(16)26-11-10-20/h3-9,12H,2,11,13H2,1H3,(H,21,22). The Balaban J connectivity index is 1.94. The molecule has 0 aromatic heterocycles. The van der Waals surface area contributed by atoms with E-state index in [0.717, 1.165) is 4.90 Å². The van der Waals surface area contributed by atoms with E-state index < -0.39 is 5.97 Å². The largest absolute Gasteiger partial charge is 0.484 e. The highest BCUT2D eigenvalue weighted by atomic mass is 32.2. The molecule has 134 valence electrons. The molecule has 0 fully saturated rings. The lowest BCUT2D eigenvalue weighted by molar-refractivity contribution is -0.118. The summed E-state index contributed by atoms with van der Waals surface area (Å²) in [6.07, 6.45) is 0. The average molecular weight is 370 g/mol. The average Bonchev–Trinajstić information content (AvgIpc) is 2.66. The highest BCUT2D eigenvalue weighted by molar-refractivity contribution is 7.99. The zero-order valence-corrected chi connectivity index (χ0v) is 15.0. The van der Waals surface area contributed by atoms with E-state index in [1.807, 2.05) is 12.1 Å². The summed E-state index contributed by atoms with van der Waals surface area (Å²) in [6, 6.07) is 15.8. The van der Waals surface area contributed by atoms with E-state index in [9.17, 15) is 9.59 Å². The number of carbonyl (C=O) groups is 2. The fourth-order valence-electron chi connectivity index (χ4n) is 2.07. The SMILES string of the molecule is CCOC(=O)c1cccc(OCC(=O)Nc2ccccc2SCC#N)c1. The Morgan fingerprint density at radius 1 is 1.19 bits per heavy atom. The molecule has 0 atom stereocenters. The number of nitrogens with one attached hydrogen (secondary N) is 1. The topological polar surface area (TPSA) is 88.4 Å². The van der Waals surface area contributed by atoms with Gasteiger partial charge in [-0.3, -0.25) is 4.79 Å². The number of para-hydroxylation sites is 1. The van der Waals surface area contributed by atoms with Crippen LogP contribution in [-0.2, 0) is 9.53 Å². The molecule has 2 rings (SSSR count). The lowest BCUT2D eigenvalue weighted by atomic mass is 10.2. The fraction of sp³-hybridized carbons (Fsp3) is 0.211.